The Morgan fingerprint density at radius 2 is 1.88 bits per heavy atom. The SMILES string of the molecule is O=C(c1cc(O)cc(O)c1)N1CCC(O)C1. The lowest BCUT2D eigenvalue weighted by atomic mass is 10.2. The van der Waals surface area contributed by atoms with E-state index in [-0.39, 0.29) is 23.0 Å². The molecule has 1 aromatic carbocycles. The second-order valence-electron chi connectivity index (χ2n) is 3.93. The third-order valence-electron chi connectivity index (χ3n) is 2.60. The number of hydrogen-bond acceptors (Lipinski definition) is 4. The highest BCUT2D eigenvalue weighted by Crippen LogP contribution is 2.22. The number of β-amino-alcohol motifs (C(OH)–C–C–N with tert-alkyl or cyclic N) is 1. The lowest BCUT2D eigenvalue weighted by Gasteiger charge is -2.15. The first-order valence-electron chi connectivity index (χ1n) is 5.06. The lowest BCUT2D eigenvalue weighted by molar-refractivity contribution is 0.0764. The van der Waals surface area contributed by atoms with Crippen molar-refractivity contribution in [3.05, 3.63) is 23.8 Å². The van der Waals surface area contributed by atoms with Gasteiger partial charge < -0.3 is 20.2 Å². The van der Waals surface area contributed by atoms with Crippen LogP contribution in [0.3, 0.4) is 0 Å². The molecule has 0 radical (unpaired) electrons. The minimum Gasteiger partial charge on any atom is -0.508 e. The molecule has 5 heteroatoms. The summed E-state index contributed by atoms with van der Waals surface area (Å²) in [5.41, 5.74) is 0.228. The van der Waals surface area contributed by atoms with Crippen LogP contribution in [0.2, 0.25) is 0 Å². The molecule has 86 valence electrons. The topological polar surface area (TPSA) is 81.0 Å². The highest BCUT2D eigenvalue weighted by molar-refractivity contribution is 5.95. The van der Waals surface area contributed by atoms with Crippen LogP contribution >= 0.6 is 0 Å². The summed E-state index contributed by atoms with van der Waals surface area (Å²) in [6.07, 6.45) is 0.0890. The fourth-order valence-electron chi connectivity index (χ4n) is 1.83. The van der Waals surface area contributed by atoms with Crippen LogP contribution in [-0.4, -0.2) is 45.3 Å². The molecule has 1 atom stereocenters. The predicted molar refractivity (Wildman–Crippen MR) is 56.3 cm³/mol. The first kappa shape index (κ1) is 10.8. The van der Waals surface area contributed by atoms with E-state index >= 15 is 0 Å². The number of aromatic hydroxyl groups is 2. The van der Waals surface area contributed by atoms with Crippen LogP contribution in [0.25, 0.3) is 0 Å². The van der Waals surface area contributed by atoms with Crippen LogP contribution in [0.4, 0.5) is 0 Å². The van der Waals surface area contributed by atoms with Crippen molar-refractivity contribution in [3.63, 3.8) is 0 Å². The monoisotopic (exact) mass is 223 g/mol. The van der Waals surface area contributed by atoms with E-state index in [1.54, 1.807) is 0 Å². The number of rotatable bonds is 1. The minimum atomic E-state index is -0.477. The van der Waals surface area contributed by atoms with E-state index in [4.69, 9.17) is 0 Å². The first-order chi connectivity index (χ1) is 7.56. The number of aliphatic hydroxyl groups is 1. The molecule has 0 spiro atoms. The van der Waals surface area contributed by atoms with E-state index in [0.717, 1.165) is 6.07 Å². The van der Waals surface area contributed by atoms with Gasteiger partial charge in [0.25, 0.3) is 5.91 Å². The molecule has 1 heterocycles. The fraction of sp³-hybridized carbons (Fsp3) is 0.364. The van der Waals surface area contributed by atoms with Crippen molar-refractivity contribution in [2.45, 2.75) is 12.5 Å². The van der Waals surface area contributed by atoms with Gasteiger partial charge in [-0.25, -0.2) is 0 Å². The zero-order valence-electron chi connectivity index (χ0n) is 8.63. The van der Waals surface area contributed by atoms with Gasteiger partial charge in [-0.2, -0.15) is 0 Å². The third kappa shape index (κ3) is 2.09. The summed E-state index contributed by atoms with van der Waals surface area (Å²) in [6.45, 7) is 0.797. The molecule has 5 nitrogen and oxygen atoms in total. The number of carbonyl (C=O) groups is 1. The molecule has 3 N–H and O–H groups in total. The summed E-state index contributed by atoms with van der Waals surface area (Å²) in [7, 11) is 0. The van der Waals surface area contributed by atoms with Crippen molar-refractivity contribution in [1.82, 2.24) is 4.90 Å². The Kier molecular flexibility index (Phi) is 2.70. The quantitative estimate of drug-likeness (QED) is 0.639. The highest BCUT2D eigenvalue weighted by Gasteiger charge is 2.25. The van der Waals surface area contributed by atoms with E-state index in [0.29, 0.717) is 19.5 Å². The molecule has 1 aromatic rings. The van der Waals surface area contributed by atoms with E-state index in [2.05, 4.69) is 0 Å². The van der Waals surface area contributed by atoms with Crippen molar-refractivity contribution in [2.75, 3.05) is 13.1 Å². The number of aliphatic hydroxyl groups excluding tert-OH is 1. The molecule has 16 heavy (non-hydrogen) atoms. The molecular weight excluding hydrogens is 210 g/mol. The number of likely N-dealkylation sites (tertiary alicyclic amines) is 1. The molecule has 1 fully saturated rings. The molecule has 1 aliphatic rings. The summed E-state index contributed by atoms with van der Waals surface area (Å²) in [6, 6.07) is 3.76. The van der Waals surface area contributed by atoms with E-state index in [1.807, 2.05) is 0 Å². The van der Waals surface area contributed by atoms with Crippen LogP contribution in [0.1, 0.15) is 16.8 Å². The predicted octanol–water partition coefficient (Wildman–Crippen LogP) is 0.305. The zero-order valence-corrected chi connectivity index (χ0v) is 8.63. The number of benzene rings is 1. The van der Waals surface area contributed by atoms with Gasteiger partial charge in [0.2, 0.25) is 0 Å². The fourth-order valence-corrected chi connectivity index (χ4v) is 1.83. The van der Waals surface area contributed by atoms with Crippen LogP contribution in [-0.2, 0) is 0 Å². The molecule has 0 aliphatic carbocycles. The Morgan fingerprint density at radius 1 is 1.25 bits per heavy atom. The summed E-state index contributed by atoms with van der Waals surface area (Å²) >= 11 is 0. The van der Waals surface area contributed by atoms with Crippen molar-refractivity contribution in [1.29, 1.82) is 0 Å². The van der Waals surface area contributed by atoms with Gasteiger partial charge in [-0.3, -0.25) is 4.79 Å². The number of phenols is 2. The Balaban J connectivity index is 2.20. The molecule has 2 rings (SSSR count). The Labute approximate surface area is 92.6 Å². The van der Waals surface area contributed by atoms with E-state index in [1.165, 1.54) is 17.0 Å². The van der Waals surface area contributed by atoms with Gasteiger partial charge in [0, 0.05) is 24.7 Å². The van der Waals surface area contributed by atoms with Crippen molar-refractivity contribution < 1.29 is 20.1 Å². The average Bonchev–Trinajstić information content (AvgIpc) is 2.62. The lowest BCUT2D eigenvalue weighted by Crippen LogP contribution is -2.29. The Bertz CT molecular complexity index is 398. The van der Waals surface area contributed by atoms with Gasteiger partial charge >= 0.3 is 0 Å². The number of carbonyl (C=O) groups excluding carboxylic acids is 1. The average molecular weight is 223 g/mol. The molecule has 0 aromatic heterocycles. The summed E-state index contributed by atoms with van der Waals surface area (Å²) < 4.78 is 0. The van der Waals surface area contributed by atoms with E-state index in [9.17, 15) is 20.1 Å². The number of amides is 1. The normalized spacial score (nSPS) is 20.1. The second-order valence-corrected chi connectivity index (χ2v) is 3.93. The number of nitrogens with zero attached hydrogens (tertiary/aromatic N) is 1. The summed E-state index contributed by atoms with van der Waals surface area (Å²) in [4.78, 5) is 13.4. The molecule has 0 bridgehead atoms. The van der Waals surface area contributed by atoms with Gasteiger partial charge in [0.05, 0.1) is 6.10 Å². The summed E-state index contributed by atoms with van der Waals surface area (Å²) in [5, 5.41) is 27.8. The van der Waals surface area contributed by atoms with Gasteiger partial charge in [0.15, 0.2) is 0 Å². The molecule has 1 aliphatic heterocycles. The van der Waals surface area contributed by atoms with Crippen LogP contribution in [0, 0.1) is 0 Å². The zero-order chi connectivity index (χ0) is 11.7. The largest absolute Gasteiger partial charge is 0.508 e. The molecule has 1 unspecified atom stereocenters. The van der Waals surface area contributed by atoms with Gasteiger partial charge in [-0.1, -0.05) is 0 Å². The highest BCUT2D eigenvalue weighted by atomic mass is 16.3. The van der Waals surface area contributed by atoms with Crippen LogP contribution < -0.4 is 0 Å². The maximum Gasteiger partial charge on any atom is 0.254 e. The van der Waals surface area contributed by atoms with Crippen LogP contribution in [0.5, 0.6) is 11.5 Å². The third-order valence-corrected chi connectivity index (χ3v) is 2.60. The Morgan fingerprint density at radius 3 is 2.38 bits per heavy atom. The van der Waals surface area contributed by atoms with Crippen LogP contribution in [0.15, 0.2) is 18.2 Å². The maximum atomic E-state index is 11.9. The second kappa shape index (κ2) is 4.02. The first-order valence-corrected chi connectivity index (χ1v) is 5.06. The van der Waals surface area contributed by atoms with Gasteiger partial charge in [-0.05, 0) is 18.6 Å². The molecule has 0 saturated carbocycles. The van der Waals surface area contributed by atoms with Gasteiger partial charge in [-0.15, -0.1) is 0 Å². The standard InChI is InChI=1S/C11H13NO4/c13-8-1-2-12(6-8)11(16)7-3-9(14)5-10(15)4-7/h3-5,8,13-15H,1-2,6H2. The smallest absolute Gasteiger partial charge is 0.254 e. The maximum absolute atomic E-state index is 11.9. The number of phenolic OH excluding ortho intramolecular Hbond substituents is 2. The van der Waals surface area contributed by atoms with Crippen molar-refractivity contribution in [3.8, 4) is 11.5 Å². The summed E-state index contributed by atoms with van der Waals surface area (Å²) in [5.74, 6) is -0.589. The minimum absolute atomic E-state index is 0.150. The van der Waals surface area contributed by atoms with Crippen molar-refractivity contribution >= 4 is 5.91 Å². The van der Waals surface area contributed by atoms with Gasteiger partial charge in [0.1, 0.15) is 11.5 Å². The molecule has 1 saturated heterocycles. The molecule has 1 amide bonds. The number of hydrogen-bond donors (Lipinski definition) is 3. The molecular formula is C11H13NO4. The van der Waals surface area contributed by atoms with Crippen molar-refractivity contribution in [2.24, 2.45) is 0 Å². The Hall–Kier alpha value is -1.75. The van der Waals surface area contributed by atoms with E-state index < -0.39 is 6.10 Å².